The van der Waals surface area contributed by atoms with Crippen LogP contribution in [0.25, 0.3) is 5.65 Å². The van der Waals surface area contributed by atoms with Gasteiger partial charge < -0.3 is 15.2 Å². The predicted molar refractivity (Wildman–Crippen MR) is 95.2 cm³/mol. The second-order valence-corrected chi connectivity index (χ2v) is 5.03. The molecule has 7 nitrogen and oxygen atoms in total. The average Bonchev–Trinajstić information content (AvgIpc) is 2.61. The minimum absolute atomic E-state index is 0. The number of aromatic nitrogens is 2. The van der Waals surface area contributed by atoms with Crippen molar-refractivity contribution in [3.05, 3.63) is 70.1 Å². The number of aliphatic hydroxyl groups is 1. The zero-order valence-corrected chi connectivity index (χ0v) is 12.9. The average molecular weight is 341 g/mol. The minimum atomic E-state index is -0.465. The molecule has 0 saturated carbocycles. The van der Waals surface area contributed by atoms with Gasteiger partial charge in [0.25, 0.3) is 5.56 Å². The number of esters is 1. The summed E-state index contributed by atoms with van der Waals surface area (Å²) in [6, 6.07) is 11.8. The number of pyridine rings is 1. The fourth-order valence-electron chi connectivity index (χ4n) is 2.35. The normalized spacial score (nSPS) is 10.2. The van der Waals surface area contributed by atoms with Gasteiger partial charge in [-0.05, 0) is 30.3 Å². The highest BCUT2D eigenvalue weighted by atomic mass is 16.5. The van der Waals surface area contributed by atoms with Gasteiger partial charge >= 0.3 is 5.97 Å². The number of aliphatic hydroxyl groups excluding tert-OH is 1. The molecule has 0 atom stereocenters. The van der Waals surface area contributed by atoms with Gasteiger partial charge in [-0.25, -0.2) is 9.78 Å². The molecule has 3 rings (SSSR count). The highest BCUT2D eigenvalue weighted by Crippen LogP contribution is 2.19. The molecule has 2 heterocycles. The van der Waals surface area contributed by atoms with Crippen LogP contribution in [0.15, 0.2) is 53.5 Å². The first-order valence-corrected chi connectivity index (χ1v) is 7.20. The molecule has 130 valence electrons. The van der Waals surface area contributed by atoms with Crippen LogP contribution in [-0.2, 0) is 11.3 Å². The van der Waals surface area contributed by atoms with Gasteiger partial charge in [0.05, 0.1) is 24.8 Å². The number of nitrogens with zero attached hydrogens (tertiary/aromatic N) is 2. The second kappa shape index (κ2) is 7.59. The molecule has 1 aromatic carbocycles. The first kappa shape index (κ1) is 18.2. The molecule has 2 N–H and O–H groups in total. The molecule has 0 spiro atoms. The Morgan fingerprint density at radius 3 is 2.80 bits per heavy atom. The molecular formula is C18H19N3O4. The number of ether oxygens (including phenoxy) is 1. The lowest BCUT2D eigenvalue weighted by Crippen LogP contribution is -2.21. The molecule has 0 bridgehead atoms. The molecule has 0 aliphatic rings. The Balaban J connectivity index is 0.00000225. The van der Waals surface area contributed by atoms with Crippen LogP contribution in [-0.4, -0.2) is 27.6 Å². The Bertz CT molecular complexity index is 966. The van der Waals surface area contributed by atoms with Gasteiger partial charge in [-0.15, -0.1) is 0 Å². The third-order valence-electron chi connectivity index (χ3n) is 3.53. The summed E-state index contributed by atoms with van der Waals surface area (Å²) in [5.41, 5.74) is 1.16. The van der Waals surface area contributed by atoms with E-state index < -0.39 is 12.6 Å². The topological polar surface area (TPSA) is 92.9 Å². The van der Waals surface area contributed by atoms with E-state index in [2.05, 4.69) is 15.0 Å². The van der Waals surface area contributed by atoms with Gasteiger partial charge in [0.2, 0.25) is 0 Å². The monoisotopic (exact) mass is 341 g/mol. The van der Waals surface area contributed by atoms with E-state index in [1.807, 2.05) is 0 Å². The molecule has 0 amide bonds. The Morgan fingerprint density at radius 1 is 1.28 bits per heavy atom. The van der Waals surface area contributed by atoms with E-state index in [0.29, 0.717) is 16.9 Å². The number of hydrogen-bond donors (Lipinski definition) is 2. The summed E-state index contributed by atoms with van der Waals surface area (Å²) in [5.74, 6) is -0.219. The number of carbonyl (C=O) groups is 1. The lowest BCUT2D eigenvalue weighted by molar-refractivity contribution is 0.0601. The number of fused-ring (bicyclic) bond motifs is 1. The number of carbonyl (C=O) groups excluding carboxylic acids is 1. The van der Waals surface area contributed by atoms with E-state index in [9.17, 15) is 14.7 Å². The fourth-order valence-corrected chi connectivity index (χ4v) is 2.35. The van der Waals surface area contributed by atoms with Gasteiger partial charge in [-0.1, -0.05) is 19.6 Å². The maximum absolute atomic E-state index is 12.4. The molecule has 7 heteroatoms. The van der Waals surface area contributed by atoms with Crippen LogP contribution in [0.5, 0.6) is 0 Å². The van der Waals surface area contributed by atoms with Crippen molar-refractivity contribution in [3.8, 4) is 0 Å². The van der Waals surface area contributed by atoms with E-state index in [1.165, 1.54) is 11.5 Å². The summed E-state index contributed by atoms with van der Waals surface area (Å²) in [5, 5.41) is 12.5. The van der Waals surface area contributed by atoms with Crippen molar-refractivity contribution in [2.24, 2.45) is 0 Å². The van der Waals surface area contributed by atoms with Crippen LogP contribution in [0.3, 0.4) is 0 Å². The lowest BCUT2D eigenvalue weighted by atomic mass is 10.2. The van der Waals surface area contributed by atoms with Crippen LogP contribution in [0.2, 0.25) is 0 Å². The molecule has 0 radical (unpaired) electrons. The van der Waals surface area contributed by atoms with Gasteiger partial charge in [-0.2, -0.15) is 0 Å². The smallest absolute Gasteiger partial charge is 0.337 e. The molecule has 0 aliphatic heterocycles. The zero-order valence-electron chi connectivity index (χ0n) is 12.9. The van der Waals surface area contributed by atoms with E-state index in [-0.39, 0.29) is 24.4 Å². The SMILES string of the molecule is C.COC(=O)c1cccc(Nc2nc3ccccn3c(=O)c2CO)c1. The fraction of sp³-hybridized carbons (Fsp3) is 0.167. The van der Waals surface area contributed by atoms with Crippen LogP contribution in [0, 0.1) is 0 Å². The van der Waals surface area contributed by atoms with Gasteiger partial charge in [0.15, 0.2) is 0 Å². The highest BCUT2D eigenvalue weighted by Gasteiger charge is 2.13. The predicted octanol–water partition coefficient (Wildman–Crippen LogP) is 2.35. The number of hydrogen-bond acceptors (Lipinski definition) is 6. The molecular weight excluding hydrogens is 322 g/mol. The maximum Gasteiger partial charge on any atom is 0.337 e. The summed E-state index contributed by atoms with van der Waals surface area (Å²) < 4.78 is 6.05. The quantitative estimate of drug-likeness (QED) is 0.708. The molecule has 3 aromatic rings. The van der Waals surface area contributed by atoms with Gasteiger partial charge in [0.1, 0.15) is 11.5 Å². The van der Waals surface area contributed by atoms with Crippen molar-refractivity contribution < 1.29 is 14.6 Å². The second-order valence-electron chi connectivity index (χ2n) is 5.03. The highest BCUT2D eigenvalue weighted by molar-refractivity contribution is 5.90. The van der Waals surface area contributed by atoms with Crippen molar-refractivity contribution in [2.75, 3.05) is 12.4 Å². The number of anilines is 2. The van der Waals surface area contributed by atoms with Crippen molar-refractivity contribution in [2.45, 2.75) is 14.0 Å². The molecule has 0 unspecified atom stereocenters. The van der Waals surface area contributed by atoms with Crippen LogP contribution in [0.4, 0.5) is 11.5 Å². The van der Waals surface area contributed by atoms with Crippen molar-refractivity contribution in [1.29, 1.82) is 0 Å². The van der Waals surface area contributed by atoms with E-state index in [1.54, 1.807) is 48.7 Å². The summed E-state index contributed by atoms with van der Waals surface area (Å²) in [6.45, 7) is -0.456. The van der Waals surface area contributed by atoms with Crippen LogP contribution >= 0.6 is 0 Å². The summed E-state index contributed by atoms with van der Waals surface area (Å²) in [7, 11) is 1.30. The standard InChI is InChI=1S/C17H15N3O4.CH4/c1-24-17(23)11-5-4-6-12(9-11)18-15-13(10-21)16(22)20-8-3-2-7-14(20)19-15;/h2-9,18,21H,10H2,1H3;1H4. The number of nitrogens with one attached hydrogen (secondary N) is 1. The molecule has 0 fully saturated rings. The van der Waals surface area contributed by atoms with Crippen molar-refractivity contribution in [3.63, 3.8) is 0 Å². The Morgan fingerprint density at radius 2 is 2.08 bits per heavy atom. The lowest BCUT2D eigenvalue weighted by Gasteiger charge is -2.12. The zero-order chi connectivity index (χ0) is 17.1. The van der Waals surface area contributed by atoms with Crippen LogP contribution < -0.4 is 10.9 Å². The Kier molecular flexibility index (Phi) is 5.51. The van der Waals surface area contributed by atoms with Gasteiger partial charge in [-0.3, -0.25) is 9.20 Å². The first-order valence-electron chi connectivity index (χ1n) is 7.20. The summed E-state index contributed by atoms with van der Waals surface area (Å²) in [4.78, 5) is 28.4. The van der Waals surface area contributed by atoms with Crippen molar-refractivity contribution >= 4 is 23.1 Å². The van der Waals surface area contributed by atoms with E-state index in [0.717, 1.165) is 0 Å². The van der Waals surface area contributed by atoms with E-state index in [4.69, 9.17) is 0 Å². The minimum Gasteiger partial charge on any atom is -0.465 e. The third-order valence-corrected chi connectivity index (χ3v) is 3.53. The van der Waals surface area contributed by atoms with Gasteiger partial charge in [0, 0.05) is 11.9 Å². The summed E-state index contributed by atoms with van der Waals surface area (Å²) in [6.07, 6.45) is 1.59. The molecule has 0 aliphatic carbocycles. The molecule has 25 heavy (non-hydrogen) atoms. The number of methoxy groups -OCH3 is 1. The Hall–Kier alpha value is -3.19. The summed E-state index contributed by atoms with van der Waals surface area (Å²) >= 11 is 0. The number of benzene rings is 1. The Labute approximate surface area is 144 Å². The van der Waals surface area contributed by atoms with Crippen molar-refractivity contribution in [1.82, 2.24) is 9.38 Å². The van der Waals surface area contributed by atoms with Crippen LogP contribution in [0.1, 0.15) is 23.3 Å². The molecule has 0 saturated heterocycles. The number of rotatable bonds is 4. The third kappa shape index (κ3) is 3.51. The maximum atomic E-state index is 12.4. The van der Waals surface area contributed by atoms with E-state index >= 15 is 0 Å². The largest absolute Gasteiger partial charge is 0.465 e. The molecule has 2 aromatic heterocycles. The first-order chi connectivity index (χ1) is 11.6.